The van der Waals surface area contributed by atoms with Crippen LogP contribution in [0.5, 0.6) is 0 Å². The van der Waals surface area contributed by atoms with Gasteiger partial charge in [0, 0.05) is 11.5 Å². The number of thiophene rings is 1. The number of carbonyl (C=O) groups is 2. The predicted octanol–water partition coefficient (Wildman–Crippen LogP) is 1.56. The molecule has 0 fully saturated rings. The van der Waals surface area contributed by atoms with Crippen LogP contribution in [0.3, 0.4) is 0 Å². The van der Waals surface area contributed by atoms with Crippen LogP contribution in [0, 0.1) is 6.57 Å². The molecular formula is C18H14N2O8S. The molecule has 11 heteroatoms. The Morgan fingerprint density at radius 1 is 1.10 bits per heavy atom. The molecule has 150 valence electrons. The first-order valence-corrected chi connectivity index (χ1v) is 8.40. The van der Waals surface area contributed by atoms with Gasteiger partial charge in [-0.1, -0.05) is 0 Å². The molecule has 29 heavy (non-hydrogen) atoms. The molecule has 0 saturated carbocycles. The van der Waals surface area contributed by atoms with Gasteiger partial charge in [0.25, 0.3) is 0 Å². The Hall–Kier alpha value is -4.01. The van der Waals surface area contributed by atoms with E-state index in [0.717, 1.165) is 31.0 Å². The molecule has 0 bridgehead atoms. The predicted molar refractivity (Wildman–Crippen MR) is 99.6 cm³/mol. The minimum absolute atomic E-state index is 0.00202. The van der Waals surface area contributed by atoms with E-state index in [4.69, 9.17) is 20.8 Å². The van der Waals surface area contributed by atoms with Gasteiger partial charge in [0.2, 0.25) is 5.69 Å². The highest BCUT2D eigenvalue weighted by Gasteiger charge is 2.28. The third-order valence-electron chi connectivity index (χ3n) is 3.14. The van der Waals surface area contributed by atoms with E-state index in [1.165, 1.54) is 23.9 Å². The number of carbonyl (C=O) groups excluding carboxylic acids is 4. The molecule has 0 amide bonds. The van der Waals surface area contributed by atoms with Crippen molar-refractivity contribution in [3.63, 3.8) is 0 Å². The van der Waals surface area contributed by atoms with Crippen LogP contribution in [-0.2, 0) is 39.8 Å². The Kier molecular flexibility index (Phi) is 9.84. The average Bonchev–Trinajstić information content (AvgIpc) is 3.09. The van der Waals surface area contributed by atoms with Gasteiger partial charge in [-0.3, -0.25) is 4.79 Å². The summed E-state index contributed by atoms with van der Waals surface area (Å²) in [5.41, 5.74) is 4.24. The number of anilines is 1. The summed E-state index contributed by atoms with van der Waals surface area (Å²) in [6.45, 7) is 7.04. The number of esters is 2. The normalized spacial score (nSPS) is 8.72. The monoisotopic (exact) mass is 418 g/mol. The maximum Gasteiger partial charge on any atom is 0.347 e. The van der Waals surface area contributed by atoms with E-state index in [-0.39, 0.29) is 41.0 Å². The van der Waals surface area contributed by atoms with E-state index in [9.17, 15) is 19.2 Å². The second-order valence-corrected chi connectivity index (χ2v) is 5.78. The number of rotatable bonds is 10. The Bertz CT molecular complexity index is 935. The first-order valence-electron chi connectivity index (χ1n) is 7.59. The molecule has 0 N–H and O–H groups in total. The average molecular weight is 418 g/mol. The van der Waals surface area contributed by atoms with Crippen molar-refractivity contribution >= 4 is 45.8 Å². The Morgan fingerprint density at radius 3 is 2.14 bits per heavy atom. The molecule has 0 aromatic carbocycles. The van der Waals surface area contributed by atoms with Crippen LogP contribution < -0.4 is 4.90 Å². The fourth-order valence-electron chi connectivity index (χ4n) is 1.95. The lowest BCUT2D eigenvalue weighted by molar-refractivity contribution is -0.139. The van der Waals surface area contributed by atoms with E-state index >= 15 is 0 Å². The van der Waals surface area contributed by atoms with Crippen molar-refractivity contribution in [3.05, 3.63) is 45.8 Å². The number of ether oxygens (including phenoxy) is 4. The highest BCUT2D eigenvalue weighted by Crippen LogP contribution is 2.43. The van der Waals surface area contributed by atoms with Crippen molar-refractivity contribution in [3.8, 4) is 0 Å². The summed E-state index contributed by atoms with van der Waals surface area (Å²) in [7, 11) is 2.34. The summed E-state index contributed by atoms with van der Waals surface area (Å²) >= 11 is 0.878. The van der Waals surface area contributed by atoms with Gasteiger partial charge in [-0.05, 0) is 5.56 Å². The molecule has 0 radical (unpaired) electrons. The maximum absolute atomic E-state index is 12.1. The van der Waals surface area contributed by atoms with Crippen LogP contribution in [0.2, 0.25) is 0 Å². The Morgan fingerprint density at radius 2 is 1.69 bits per heavy atom. The van der Waals surface area contributed by atoms with Crippen LogP contribution in [0.1, 0.15) is 15.2 Å². The fraction of sp³-hybridized carbons (Fsp3) is 0.278. The SMILES string of the molecule is [C-]#[N+]c1c(N(COC=C=C=O)COC=C=C=O)sc(C(=O)OC)c1CC(=O)OC. The molecule has 10 nitrogen and oxygen atoms in total. The third kappa shape index (κ3) is 6.58. The molecule has 0 unspecified atom stereocenters. The van der Waals surface area contributed by atoms with E-state index in [1.807, 2.05) is 0 Å². The molecule has 0 aliphatic heterocycles. The van der Waals surface area contributed by atoms with Crippen molar-refractivity contribution in [1.82, 2.24) is 0 Å². The zero-order valence-corrected chi connectivity index (χ0v) is 16.2. The number of nitrogens with zero attached hydrogens (tertiary/aromatic N) is 2. The summed E-state index contributed by atoms with van der Waals surface area (Å²) in [5, 5.41) is 0.228. The smallest absolute Gasteiger partial charge is 0.347 e. The van der Waals surface area contributed by atoms with E-state index in [0.29, 0.717) is 0 Å². The fourth-order valence-corrected chi connectivity index (χ4v) is 3.10. The van der Waals surface area contributed by atoms with Crippen molar-refractivity contribution in [2.24, 2.45) is 0 Å². The van der Waals surface area contributed by atoms with Crippen molar-refractivity contribution in [2.75, 3.05) is 32.6 Å². The van der Waals surface area contributed by atoms with E-state index in [2.05, 4.69) is 21.0 Å². The van der Waals surface area contributed by atoms with Crippen molar-refractivity contribution < 1.29 is 38.1 Å². The van der Waals surface area contributed by atoms with Gasteiger partial charge < -0.3 is 23.8 Å². The van der Waals surface area contributed by atoms with Gasteiger partial charge in [0.05, 0.1) is 27.2 Å². The Labute approximate surface area is 169 Å². The second-order valence-electron chi connectivity index (χ2n) is 4.78. The number of hydrogen-bond donors (Lipinski definition) is 0. The van der Waals surface area contributed by atoms with Crippen LogP contribution in [0.4, 0.5) is 10.7 Å². The topological polar surface area (TPSA) is 113 Å². The lowest BCUT2D eigenvalue weighted by atomic mass is 10.1. The molecule has 0 aliphatic carbocycles. The van der Waals surface area contributed by atoms with Gasteiger partial charge in [0.1, 0.15) is 22.4 Å². The number of hydrogen-bond acceptors (Lipinski definition) is 10. The van der Waals surface area contributed by atoms with E-state index < -0.39 is 11.9 Å². The summed E-state index contributed by atoms with van der Waals surface area (Å²) in [5.74, 6) is 1.37. The zero-order valence-electron chi connectivity index (χ0n) is 15.3. The second kappa shape index (κ2) is 12.4. The van der Waals surface area contributed by atoms with Crippen LogP contribution in [-0.4, -0.2) is 51.5 Å². The quantitative estimate of drug-likeness (QED) is 0.139. The van der Waals surface area contributed by atoms with Crippen molar-refractivity contribution in [1.29, 1.82) is 0 Å². The summed E-state index contributed by atoms with van der Waals surface area (Å²) in [6.07, 6.45) is 1.57. The Balaban J connectivity index is 3.44. The summed E-state index contributed by atoms with van der Waals surface area (Å²) in [4.78, 5) is 49.1. The molecule has 1 rings (SSSR count). The summed E-state index contributed by atoms with van der Waals surface area (Å²) < 4.78 is 19.6. The van der Waals surface area contributed by atoms with Crippen molar-refractivity contribution in [2.45, 2.75) is 6.42 Å². The van der Waals surface area contributed by atoms with Crippen LogP contribution >= 0.6 is 11.3 Å². The van der Waals surface area contributed by atoms with Gasteiger partial charge in [-0.2, -0.15) is 0 Å². The van der Waals surface area contributed by atoms with Gasteiger partial charge >= 0.3 is 11.9 Å². The lowest BCUT2D eigenvalue weighted by Gasteiger charge is -2.21. The van der Waals surface area contributed by atoms with Gasteiger partial charge in [-0.15, -0.1) is 11.3 Å². The molecule has 1 aromatic rings. The molecule has 1 aromatic heterocycles. The van der Waals surface area contributed by atoms with Gasteiger partial charge in [-0.25, -0.2) is 19.2 Å². The number of methoxy groups -OCH3 is 2. The largest absolute Gasteiger partial charge is 0.472 e. The van der Waals surface area contributed by atoms with E-state index in [1.54, 1.807) is 0 Å². The summed E-state index contributed by atoms with van der Waals surface area (Å²) in [6, 6.07) is 0. The van der Waals surface area contributed by atoms with Gasteiger partial charge in [0.15, 0.2) is 25.3 Å². The molecule has 1 heterocycles. The first kappa shape index (κ1) is 23.0. The third-order valence-corrected chi connectivity index (χ3v) is 4.41. The molecular weight excluding hydrogens is 404 g/mol. The standard InChI is InChI=1S/C18H14N2O8S/c1-19-15-13(10-14(23)25-2)16(18(24)26-3)29-17(15)20(11-27-8-4-6-21)12-28-9-5-7-22/h8-9H,10-12H2,2-3H3. The zero-order chi connectivity index (χ0) is 21.6. The minimum atomic E-state index is -0.737. The molecule has 0 atom stereocenters. The minimum Gasteiger partial charge on any atom is -0.472 e. The molecule has 0 spiro atoms. The van der Waals surface area contributed by atoms with Crippen LogP contribution in [0.25, 0.3) is 4.85 Å². The lowest BCUT2D eigenvalue weighted by Crippen LogP contribution is -2.26. The first-order chi connectivity index (χ1) is 14.0. The highest BCUT2D eigenvalue weighted by molar-refractivity contribution is 7.19. The maximum atomic E-state index is 12.1. The molecule has 0 saturated heterocycles. The highest BCUT2D eigenvalue weighted by atomic mass is 32.1. The molecule has 0 aliphatic rings. The van der Waals surface area contributed by atoms with Crippen LogP contribution in [0.15, 0.2) is 24.0 Å².